The first-order valence-corrected chi connectivity index (χ1v) is 8.20. The van der Waals surface area contributed by atoms with E-state index < -0.39 is 22.4 Å². The van der Waals surface area contributed by atoms with Crippen molar-refractivity contribution in [1.82, 2.24) is 0 Å². The highest BCUT2D eigenvalue weighted by atomic mass is 35.5. The van der Waals surface area contributed by atoms with Crippen molar-refractivity contribution in [3.8, 4) is 5.75 Å². The van der Waals surface area contributed by atoms with E-state index in [1.54, 1.807) is 18.2 Å². The zero-order chi connectivity index (χ0) is 16.3. The van der Waals surface area contributed by atoms with Crippen LogP contribution in [0.1, 0.15) is 0 Å². The summed E-state index contributed by atoms with van der Waals surface area (Å²) in [4.78, 5) is 10.4. The Morgan fingerprint density at radius 1 is 1.05 bits per heavy atom. The summed E-state index contributed by atoms with van der Waals surface area (Å²) in [6.45, 7) is -0.610. The lowest BCUT2D eigenvalue weighted by molar-refractivity contribution is -0.139. The number of ether oxygens (including phenoxy) is 1. The zero-order valence-electron chi connectivity index (χ0n) is 11.0. The monoisotopic (exact) mass is 360 g/mol. The highest BCUT2D eigenvalue weighted by molar-refractivity contribution is 7.91. The molecule has 0 fully saturated rings. The standard InChI is InChI=1S/C14H10Cl2O5S/c15-13-10(21-8-12(17)18)6-7-11(14(13)16)22(19,20)9-4-2-1-3-5-9/h1-7H,8H2,(H,17,18). The molecule has 0 aliphatic rings. The molecule has 0 unspecified atom stereocenters. The van der Waals surface area contributed by atoms with Gasteiger partial charge in [0.25, 0.3) is 0 Å². The minimum Gasteiger partial charge on any atom is -0.480 e. The van der Waals surface area contributed by atoms with Crippen LogP contribution < -0.4 is 4.74 Å². The van der Waals surface area contributed by atoms with E-state index in [0.717, 1.165) is 0 Å². The molecule has 116 valence electrons. The molecule has 5 nitrogen and oxygen atoms in total. The molecule has 2 aromatic rings. The van der Waals surface area contributed by atoms with Gasteiger partial charge in [-0.25, -0.2) is 13.2 Å². The summed E-state index contributed by atoms with van der Waals surface area (Å²) in [5.74, 6) is -1.19. The molecule has 0 bridgehead atoms. The molecule has 0 aromatic heterocycles. The first kappa shape index (κ1) is 16.6. The first-order chi connectivity index (χ1) is 10.3. The van der Waals surface area contributed by atoms with Crippen molar-refractivity contribution in [3.05, 3.63) is 52.5 Å². The van der Waals surface area contributed by atoms with Crippen LogP contribution in [0.5, 0.6) is 5.75 Å². The Balaban J connectivity index is 2.46. The lowest BCUT2D eigenvalue weighted by Gasteiger charge is -2.11. The van der Waals surface area contributed by atoms with Gasteiger partial charge in [-0.3, -0.25) is 0 Å². The molecule has 1 N–H and O–H groups in total. The number of halogens is 2. The fraction of sp³-hybridized carbons (Fsp3) is 0.0714. The van der Waals surface area contributed by atoms with Gasteiger partial charge in [-0.05, 0) is 24.3 Å². The lowest BCUT2D eigenvalue weighted by Crippen LogP contribution is -2.10. The van der Waals surface area contributed by atoms with Crippen LogP contribution in [0.2, 0.25) is 10.0 Å². The van der Waals surface area contributed by atoms with Crippen molar-refractivity contribution in [2.75, 3.05) is 6.61 Å². The largest absolute Gasteiger partial charge is 0.480 e. The molecule has 0 aliphatic heterocycles. The smallest absolute Gasteiger partial charge is 0.341 e. The molecular weight excluding hydrogens is 351 g/mol. The van der Waals surface area contributed by atoms with E-state index in [1.165, 1.54) is 24.3 Å². The Hall–Kier alpha value is -1.76. The van der Waals surface area contributed by atoms with Crippen LogP contribution in [0.15, 0.2) is 52.3 Å². The van der Waals surface area contributed by atoms with Crippen molar-refractivity contribution < 1.29 is 23.1 Å². The summed E-state index contributed by atoms with van der Waals surface area (Å²) in [5, 5.41) is 8.20. The molecule has 0 amide bonds. The number of carboxylic acid groups (broad SMARTS) is 1. The van der Waals surface area contributed by atoms with E-state index in [4.69, 9.17) is 33.0 Å². The van der Waals surface area contributed by atoms with Crippen LogP contribution in [-0.4, -0.2) is 26.1 Å². The maximum atomic E-state index is 12.5. The highest BCUT2D eigenvalue weighted by Gasteiger charge is 2.24. The van der Waals surface area contributed by atoms with Crippen molar-refractivity contribution in [2.45, 2.75) is 9.79 Å². The summed E-state index contributed by atoms with van der Waals surface area (Å²) in [5.41, 5.74) is 0. The number of benzene rings is 2. The highest BCUT2D eigenvalue weighted by Crippen LogP contribution is 2.38. The summed E-state index contributed by atoms with van der Waals surface area (Å²) >= 11 is 12.0. The topological polar surface area (TPSA) is 80.7 Å². The van der Waals surface area contributed by atoms with Crippen LogP contribution in [0.4, 0.5) is 0 Å². The lowest BCUT2D eigenvalue weighted by atomic mass is 10.3. The quantitative estimate of drug-likeness (QED) is 0.884. The SMILES string of the molecule is O=C(O)COc1ccc(S(=O)(=O)c2ccccc2)c(Cl)c1Cl. The van der Waals surface area contributed by atoms with Gasteiger partial charge in [-0.2, -0.15) is 0 Å². The zero-order valence-corrected chi connectivity index (χ0v) is 13.3. The molecule has 2 aromatic carbocycles. The second kappa shape index (κ2) is 6.56. The molecule has 8 heteroatoms. The number of carbonyl (C=O) groups is 1. The van der Waals surface area contributed by atoms with Gasteiger partial charge >= 0.3 is 5.97 Å². The summed E-state index contributed by atoms with van der Waals surface area (Å²) in [6.07, 6.45) is 0. The van der Waals surface area contributed by atoms with Gasteiger partial charge < -0.3 is 9.84 Å². The van der Waals surface area contributed by atoms with Crippen LogP contribution >= 0.6 is 23.2 Å². The van der Waals surface area contributed by atoms with E-state index in [0.29, 0.717) is 0 Å². The Bertz CT molecular complexity index is 803. The summed E-state index contributed by atoms with van der Waals surface area (Å²) < 4.78 is 30.0. The molecule has 0 heterocycles. The maximum Gasteiger partial charge on any atom is 0.341 e. The van der Waals surface area contributed by atoms with Crippen LogP contribution in [0.3, 0.4) is 0 Å². The van der Waals surface area contributed by atoms with E-state index in [9.17, 15) is 13.2 Å². The van der Waals surface area contributed by atoms with Crippen molar-refractivity contribution >= 4 is 39.0 Å². The Labute approximate surface area is 137 Å². The van der Waals surface area contributed by atoms with E-state index in [-0.39, 0.29) is 25.6 Å². The third-order valence-corrected chi connectivity index (χ3v) is 5.49. The van der Waals surface area contributed by atoms with Crippen molar-refractivity contribution in [2.24, 2.45) is 0 Å². The molecule has 0 aliphatic carbocycles. The molecule has 0 radical (unpaired) electrons. The number of sulfone groups is 1. The second-order valence-electron chi connectivity index (χ2n) is 4.19. The third kappa shape index (κ3) is 3.35. The van der Waals surface area contributed by atoms with Crippen LogP contribution in [0, 0.1) is 0 Å². The second-order valence-corrected chi connectivity index (χ2v) is 6.86. The van der Waals surface area contributed by atoms with Gasteiger partial charge in [-0.1, -0.05) is 41.4 Å². The number of rotatable bonds is 5. The molecular formula is C14H10Cl2O5S. The predicted molar refractivity (Wildman–Crippen MR) is 81.5 cm³/mol. The molecule has 0 atom stereocenters. The van der Waals surface area contributed by atoms with E-state index >= 15 is 0 Å². The van der Waals surface area contributed by atoms with Gasteiger partial charge in [0.2, 0.25) is 9.84 Å². The van der Waals surface area contributed by atoms with Crippen molar-refractivity contribution in [1.29, 1.82) is 0 Å². The fourth-order valence-electron chi connectivity index (χ4n) is 1.70. The van der Waals surface area contributed by atoms with E-state index in [1.807, 2.05) is 0 Å². The Kier molecular flexibility index (Phi) is 4.95. The summed E-state index contributed by atoms with van der Waals surface area (Å²) in [7, 11) is -3.83. The minimum absolute atomic E-state index is 0.000998. The molecule has 0 spiro atoms. The van der Waals surface area contributed by atoms with Gasteiger partial charge in [0.1, 0.15) is 10.8 Å². The van der Waals surface area contributed by atoms with Gasteiger partial charge in [0.15, 0.2) is 6.61 Å². The van der Waals surface area contributed by atoms with Crippen LogP contribution in [-0.2, 0) is 14.6 Å². The van der Waals surface area contributed by atoms with Crippen LogP contribution in [0.25, 0.3) is 0 Å². The van der Waals surface area contributed by atoms with Gasteiger partial charge in [-0.15, -0.1) is 0 Å². The maximum absolute atomic E-state index is 12.5. The normalized spacial score (nSPS) is 11.2. The Morgan fingerprint density at radius 3 is 2.27 bits per heavy atom. The third-order valence-electron chi connectivity index (χ3n) is 2.71. The molecule has 0 saturated heterocycles. The van der Waals surface area contributed by atoms with E-state index in [2.05, 4.69) is 0 Å². The summed E-state index contributed by atoms with van der Waals surface area (Å²) in [6, 6.07) is 10.2. The average molecular weight is 361 g/mol. The minimum atomic E-state index is -3.83. The Morgan fingerprint density at radius 2 is 1.68 bits per heavy atom. The van der Waals surface area contributed by atoms with Gasteiger partial charge in [0.05, 0.1) is 14.8 Å². The molecule has 22 heavy (non-hydrogen) atoms. The average Bonchev–Trinajstić information content (AvgIpc) is 2.49. The molecule has 0 saturated carbocycles. The number of hydrogen-bond acceptors (Lipinski definition) is 4. The van der Waals surface area contributed by atoms with Crippen molar-refractivity contribution in [3.63, 3.8) is 0 Å². The number of aliphatic carboxylic acids is 1. The fourth-order valence-corrected chi connectivity index (χ4v) is 3.79. The number of carboxylic acids is 1. The van der Waals surface area contributed by atoms with Gasteiger partial charge in [0, 0.05) is 0 Å². The first-order valence-electron chi connectivity index (χ1n) is 5.96. The number of hydrogen-bond donors (Lipinski definition) is 1. The molecule has 2 rings (SSSR count). The predicted octanol–water partition coefficient (Wildman–Crippen LogP) is 3.29.